The van der Waals surface area contributed by atoms with Gasteiger partial charge in [-0.25, -0.2) is 9.69 Å². The van der Waals surface area contributed by atoms with E-state index in [4.69, 9.17) is 21.7 Å². The Balaban J connectivity index is 1.99. The number of piperidine rings is 1. The molecule has 0 aliphatic carbocycles. The molecule has 1 spiro atoms. The lowest BCUT2D eigenvalue weighted by Gasteiger charge is -2.49. The van der Waals surface area contributed by atoms with E-state index in [0.29, 0.717) is 23.6 Å². The van der Waals surface area contributed by atoms with Gasteiger partial charge < -0.3 is 10.1 Å². The molecule has 2 saturated heterocycles. The lowest BCUT2D eigenvalue weighted by molar-refractivity contribution is -0.00407. The van der Waals surface area contributed by atoms with Gasteiger partial charge in [-0.3, -0.25) is 5.41 Å². The van der Waals surface area contributed by atoms with Crippen molar-refractivity contribution in [2.45, 2.75) is 57.2 Å². The number of rotatable bonds is 1. The van der Waals surface area contributed by atoms with Gasteiger partial charge in [-0.1, -0.05) is 11.6 Å². The van der Waals surface area contributed by atoms with Crippen molar-refractivity contribution in [3.05, 3.63) is 29.3 Å². The summed E-state index contributed by atoms with van der Waals surface area (Å²) in [6, 6.07) is 6.88. The highest BCUT2D eigenvalue weighted by Crippen LogP contribution is 2.44. The van der Waals surface area contributed by atoms with E-state index in [0.717, 1.165) is 0 Å². The topological polar surface area (TPSA) is 65.4 Å². The molecule has 2 aliphatic heterocycles. The maximum absolute atomic E-state index is 12.5. The summed E-state index contributed by atoms with van der Waals surface area (Å²) in [5.74, 6) is 0.201. The number of carbonyl (C=O) groups is 1. The Morgan fingerprint density at radius 1 is 1.13 bits per heavy atom. The van der Waals surface area contributed by atoms with Gasteiger partial charge in [0.2, 0.25) is 0 Å². The van der Waals surface area contributed by atoms with Crippen LogP contribution in [0.5, 0.6) is 0 Å². The number of nitrogens with zero attached hydrogens (tertiary/aromatic N) is 1. The second-order valence-corrected chi connectivity index (χ2v) is 8.21. The number of halogens is 1. The predicted octanol–water partition coefficient (Wildman–Crippen LogP) is 3.95. The zero-order chi connectivity index (χ0) is 17.0. The SMILES string of the molecule is CC1(C)CC2(CC(C)(C)N1)OC(=O)N(c1ccc(Cl)cc1)C2=N. The molecule has 0 saturated carbocycles. The van der Waals surface area contributed by atoms with E-state index in [1.165, 1.54) is 4.90 Å². The number of hydrogen-bond acceptors (Lipinski definition) is 4. The molecule has 2 heterocycles. The first-order valence-corrected chi connectivity index (χ1v) is 8.09. The molecule has 1 aromatic rings. The van der Waals surface area contributed by atoms with Gasteiger partial charge in [0.25, 0.3) is 0 Å². The van der Waals surface area contributed by atoms with Crippen LogP contribution in [0, 0.1) is 5.41 Å². The average molecular weight is 336 g/mol. The van der Waals surface area contributed by atoms with Gasteiger partial charge in [-0.05, 0) is 52.0 Å². The molecule has 0 aromatic heterocycles. The first-order valence-electron chi connectivity index (χ1n) is 7.71. The Bertz CT molecular complexity index is 651. The lowest BCUT2D eigenvalue weighted by Crippen LogP contribution is -2.65. The summed E-state index contributed by atoms with van der Waals surface area (Å²) in [4.78, 5) is 13.8. The Morgan fingerprint density at radius 2 is 1.65 bits per heavy atom. The highest BCUT2D eigenvalue weighted by molar-refractivity contribution is 6.30. The van der Waals surface area contributed by atoms with Crippen molar-refractivity contribution < 1.29 is 9.53 Å². The van der Waals surface area contributed by atoms with Gasteiger partial charge in [-0.15, -0.1) is 0 Å². The Hall–Kier alpha value is -1.59. The van der Waals surface area contributed by atoms with E-state index in [2.05, 4.69) is 33.0 Å². The van der Waals surface area contributed by atoms with Gasteiger partial charge >= 0.3 is 6.09 Å². The number of carbonyl (C=O) groups excluding carboxylic acids is 1. The molecule has 6 heteroatoms. The minimum Gasteiger partial charge on any atom is -0.434 e. The van der Waals surface area contributed by atoms with E-state index < -0.39 is 11.7 Å². The van der Waals surface area contributed by atoms with Crippen LogP contribution in [0.25, 0.3) is 0 Å². The third-order valence-electron chi connectivity index (χ3n) is 4.34. The molecule has 3 rings (SSSR count). The summed E-state index contributed by atoms with van der Waals surface area (Å²) < 4.78 is 5.76. The molecule has 5 nitrogen and oxygen atoms in total. The number of benzene rings is 1. The number of anilines is 1. The fraction of sp³-hybridized carbons (Fsp3) is 0.529. The molecular weight excluding hydrogens is 314 g/mol. The molecule has 1 amide bonds. The summed E-state index contributed by atoms with van der Waals surface area (Å²) in [6.45, 7) is 8.28. The maximum Gasteiger partial charge on any atom is 0.421 e. The average Bonchev–Trinajstić information content (AvgIpc) is 2.58. The lowest BCUT2D eigenvalue weighted by atomic mass is 9.72. The number of hydrogen-bond donors (Lipinski definition) is 2. The predicted molar refractivity (Wildman–Crippen MR) is 91.4 cm³/mol. The standard InChI is InChI=1S/C17H22ClN3O2/c1-15(2)9-17(10-16(3,4)20-15)13(19)21(14(22)23-17)12-7-5-11(18)6-8-12/h5-8,19-20H,9-10H2,1-4H3. The van der Waals surface area contributed by atoms with Crippen molar-refractivity contribution in [1.29, 1.82) is 5.41 Å². The zero-order valence-corrected chi connectivity index (χ0v) is 14.6. The second-order valence-electron chi connectivity index (χ2n) is 7.77. The van der Waals surface area contributed by atoms with Crippen LogP contribution < -0.4 is 10.2 Å². The Labute approximate surface area is 141 Å². The van der Waals surface area contributed by atoms with E-state index in [-0.39, 0.29) is 16.9 Å². The third-order valence-corrected chi connectivity index (χ3v) is 4.59. The first-order chi connectivity index (χ1) is 10.5. The van der Waals surface area contributed by atoms with Crippen molar-refractivity contribution in [3.63, 3.8) is 0 Å². The molecule has 2 fully saturated rings. The summed E-state index contributed by atoms with van der Waals surface area (Å²) in [6.07, 6.45) is 0.640. The molecule has 124 valence electrons. The molecule has 0 unspecified atom stereocenters. The Kier molecular flexibility index (Phi) is 3.50. The fourth-order valence-corrected chi connectivity index (χ4v) is 4.24. The largest absolute Gasteiger partial charge is 0.434 e. The fourth-order valence-electron chi connectivity index (χ4n) is 4.12. The van der Waals surface area contributed by atoms with Crippen molar-refractivity contribution >= 4 is 29.2 Å². The van der Waals surface area contributed by atoms with E-state index in [9.17, 15) is 4.79 Å². The highest BCUT2D eigenvalue weighted by atomic mass is 35.5. The minimum absolute atomic E-state index is 0.201. The first kappa shape index (κ1) is 16.3. The van der Waals surface area contributed by atoms with Gasteiger partial charge in [0, 0.05) is 28.9 Å². The number of amides is 1. The molecule has 2 aliphatic rings. The van der Waals surface area contributed by atoms with Crippen molar-refractivity contribution in [2.75, 3.05) is 4.90 Å². The summed E-state index contributed by atoms with van der Waals surface area (Å²) in [5, 5.41) is 12.8. The Morgan fingerprint density at radius 3 is 2.17 bits per heavy atom. The summed E-state index contributed by atoms with van der Waals surface area (Å²) in [7, 11) is 0. The molecule has 0 radical (unpaired) electrons. The maximum atomic E-state index is 12.5. The third kappa shape index (κ3) is 2.83. The number of amidine groups is 1. The molecular formula is C17H22ClN3O2. The quantitative estimate of drug-likeness (QED) is 0.816. The van der Waals surface area contributed by atoms with Crippen LogP contribution in [-0.4, -0.2) is 28.6 Å². The molecule has 23 heavy (non-hydrogen) atoms. The van der Waals surface area contributed by atoms with Crippen LogP contribution in [0.2, 0.25) is 5.02 Å². The number of ether oxygens (including phenoxy) is 1. The van der Waals surface area contributed by atoms with Crippen LogP contribution in [0.4, 0.5) is 10.5 Å². The van der Waals surface area contributed by atoms with E-state index >= 15 is 0 Å². The van der Waals surface area contributed by atoms with Gasteiger partial charge in [-0.2, -0.15) is 0 Å². The van der Waals surface area contributed by atoms with Crippen LogP contribution in [0.15, 0.2) is 24.3 Å². The van der Waals surface area contributed by atoms with Crippen LogP contribution in [0.3, 0.4) is 0 Å². The van der Waals surface area contributed by atoms with Crippen molar-refractivity contribution in [1.82, 2.24) is 5.32 Å². The van der Waals surface area contributed by atoms with Crippen molar-refractivity contribution in [3.8, 4) is 0 Å². The highest BCUT2D eigenvalue weighted by Gasteiger charge is 2.58. The van der Waals surface area contributed by atoms with Gasteiger partial charge in [0.05, 0.1) is 5.69 Å². The monoisotopic (exact) mass is 335 g/mol. The smallest absolute Gasteiger partial charge is 0.421 e. The molecule has 0 bridgehead atoms. The van der Waals surface area contributed by atoms with E-state index in [1.807, 2.05) is 0 Å². The van der Waals surface area contributed by atoms with Gasteiger partial charge in [0.15, 0.2) is 11.4 Å². The minimum atomic E-state index is -0.894. The van der Waals surface area contributed by atoms with Crippen LogP contribution in [0.1, 0.15) is 40.5 Å². The molecule has 1 aromatic carbocycles. The zero-order valence-electron chi connectivity index (χ0n) is 13.9. The normalized spacial score (nSPS) is 24.8. The summed E-state index contributed by atoms with van der Waals surface area (Å²) >= 11 is 5.91. The molecule has 2 N–H and O–H groups in total. The van der Waals surface area contributed by atoms with Crippen LogP contribution >= 0.6 is 11.6 Å². The van der Waals surface area contributed by atoms with Gasteiger partial charge in [0.1, 0.15) is 0 Å². The molecule has 0 atom stereocenters. The van der Waals surface area contributed by atoms with E-state index in [1.54, 1.807) is 24.3 Å². The number of nitrogens with one attached hydrogen (secondary N) is 2. The summed E-state index contributed by atoms with van der Waals surface area (Å²) in [5.41, 5.74) is -0.751. The van der Waals surface area contributed by atoms with Crippen molar-refractivity contribution in [2.24, 2.45) is 0 Å². The van der Waals surface area contributed by atoms with Crippen LogP contribution in [-0.2, 0) is 4.74 Å². The second kappa shape index (κ2) is 4.95.